The maximum Gasteiger partial charge on any atom is 0.360 e. The molecule has 6 nitrogen and oxygen atoms in total. The first-order valence-electron chi connectivity index (χ1n) is 8.24. The van der Waals surface area contributed by atoms with Crippen molar-refractivity contribution in [2.24, 2.45) is 0 Å². The van der Waals surface area contributed by atoms with Crippen molar-refractivity contribution < 1.29 is 14.3 Å². The Morgan fingerprint density at radius 1 is 1.29 bits per heavy atom. The van der Waals surface area contributed by atoms with Crippen molar-refractivity contribution in [3.63, 3.8) is 0 Å². The molecule has 0 aliphatic heterocycles. The largest absolute Gasteiger partial charge is 0.504 e. The Balaban J connectivity index is 2.24. The monoisotopic (exact) mass is 332 g/mol. The van der Waals surface area contributed by atoms with Gasteiger partial charge in [-0.25, -0.2) is 4.79 Å². The number of hydrogen-bond acceptors (Lipinski definition) is 5. The third-order valence-corrected chi connectivity index (χ3v) is 4.09. The van der Waals surface area contributed by atoms with E-state index in [1.54, 1.807) is 6.07 Å². The molecule has 0 bridgehead atoms. The number of nitrogens with one attached hydrogen (secondary N) is 1. The van der Waals surface area contributed by atoms with Gasteiger partial charge in [-0.3, -0.25) is 4.79 Å². The first-order chi connectivity index (χ1) is 11.5. The van der Waals surface area contributed by atoms with Crippen LogP contribution in [0.4, 0.5) is 5.69 Å². The van der Waals surface area contributed by atoms with E-state index < -0.39 is 5.63 Å². The molecule has 1 aromatic heterocycles. The van der Waals surface area contributed by atoms with E-state index in [0.29, 0.717) is 11.8 Å². The molecule has 1 amide bonds. The number of benzene rings is 1. The Bertz CT molecular complexity index is 778. The van der Waals surface area contributed by atoms with Crippen LogP contribution in [0.2, 0.25) is 0 Å². The van der Waals surface area contributed by atoms with Crippen LogP contribution in [0.1, 0.15) is 32.8 Å². The average Bonchev–Trinajstić information content (AvgIpc) is 2.55. The maximum absolute atomic E-state index is 11.9. The number of rotatable bonds is 7. The predicted molar refractivity (Wildman–Crippen MR) is 94.6 cm³/mol. The Morgan fingerprint density at radius 2 is 2.00 bits per heavy atom. The van der Waals surface area contributed by atoms with E-state index in [4.69, 9.17) is 4.42 Å². The second kappa shape index (κ2) is 7.97. The van der Waals surface area contributed by atoms with Crippen LogP contribution in [0, 0.1) is 0 Å². The molecule has 0 spiro atoms. The minimum absolute atomic E-state index is 0.00137. The minimum Gasteiger partial charge on any atom is -0.504 e. The second-order valence-electron chi connectivity index (χ2n) is 5.75. The lowest BCUT2D eigenvalue weighted by atomic mass is 10.1. The summed E-state index contributed by atoms with van der Waals surface area (Å²) in [7, 11) is 0. The van der Waals surface area contributed by atoms with Crippen LogP contribution in [-0.4, -0.2) is 35.5 Å². The fraction of sp³-hybridized carbons (Fsp3) is 0.444. The van der Waals surface area contributed by atoms with Crippen LogP contribution in [0.25, 0.3) is 11.0 Å². The summed E-state index contributed by atoms with van der Waals surface area (Å²) in [6.07, 6.45) is 1.62. The molecule has 2 N–H and O–H groups in total. The van der Waals surface area contributed by atoms with Crippen molar-refractivity contribution in [2.45, 2.75) is 33.6 Å². The third-order valence-electron chi connectivity index (χ3n) is 4.09. The number of aryl methyl sites for hydroxylation is 1. The highest BCUT2D eigenvalue weighted by atomic mass is 16.4. The standard InChI is InChI=1S/C18H24N2O4/c1-4-20(5-2)10-6-7-13-8-9-14-11-15(19-12(3)21)18(23)24-17(14)16(13)22/h8-9,11,22H,4-7,10H2,1-3H3,(H,19,21). The molecule has 0 saturated heterocycles. The lowest BCUT2D eigenvalue weighted by Crippen LogP contribution is -2.24. The Morgan fingerprint density at radius 3 is 2.62 bits per heavy atom. The molecule has 2 aromatic rings. The summed E-state index contributed by atoms with van der Waals surface area (Å²) in [5.74, 6) is -0.350. The minimum atomic E-state index is -0.673. The highest BCUT2D eigenvalue weighted by Crippen LogP contribution is 2.29. The fourth-order valence-corrected chi connectivity index (χ4v) is 2.72. The van der Waals surface area contributed by atoms with Gasteiger partial charge in [-0.2, -0.15) is 0 Å². The molecule has 24 heavy (non-hydrogen) atoms. The molecule has 0 fully saturated rings. The number of hydrogen-bond donors (Lipinski definition) is 2. The van der Waals surface area contributed by atoms with Gasteiger partial charge < -0.3 is 19.7 Å². The molecule has 2 rings (SSSR count). The van der Waals surface area contributed by atoms with Crippen LogP contribution in [0.5, 0.6) is 5.75 Å². The number of phenols is 1. The fourth-order valence-electron chi connectivity index (χ4n) is 2.72. The van der Waals surface area contributed by atoms with Crippen LogP contribution < -0.4 is 10.9 Å². The highest BCUT2D eigenvalue weighted by molar-refractivity contribution is 5.92. The SMILES string of the molecule is CCN(CC)CCCc1ccc2cc(NC(C)=O)c(=O)oc2c1O. The molecule has 0 saturated carbocycles. The Labute approximate surface area is 141 Å². The van der Waals surface area contributed by atoms with Gasteiger partial charge in [0.25, 0.3) is 0 Å². The van der Waals surface area contributed by atoms with Gasteiger partial charge in [0.15, 0.2) is 11.3 Å². The normalized spacial score (nSPS) is 11.2. The summed E-state index contributed by atoms with van der Waals surface area (Å²) in [4.78, 5) is 25.3. The second-order valence-corrected chi connectivity index (χ2v) is 5.75. The van der Waals surface area contributed by atoms with E-state index in [9.17, 15) is 14.7 Å². The Hall–Kier alpha value is -2.34. The third kappa shape index (κ3) is 4.14. The van der Waals surface area contributed by atoms with Gasteiger partial charge in [0, 0.05) is 12.3 Å². The zero-order chi connectivity index (χ0) is 17.7. The smallest absolute Gasteiger partial charge is 0.360 e. The first-order valence-corrected chi connectivity index (χ1v) is 8.24. The van der Waals surface area contributed by atoms with Gasteiger partial charge in [-0.15, -0.1) is 0 Å². The number of anilines is 1. The van der Waals surface area contributed by atoms with Crippen molar-refractivity contribution >= 4 is 22.6 Å². The summed E-state index contributed by atoms with van der Waals surface area (Å²) in [5.41, 5.74) is 0.316. The van der Waals surface area contributed by atoms with Crippen LogP contribution >= 0.6 is 0 Å². The number of nitrogens with zero attached hydrogens (tertiary/aromatic N) is 1. The Kier molecular flexibility index (Phi) is 5.98. The van der Waals surface area contributed by atoms with Gasteiger partial charge >= 0.3 is 5.63 Å². The molecule has 0 unspecified atom stereocenters. The van der Waals surface area contributed by atoms with E-state index in [0.717, 1.165) is 31.6 Å². The molecule has 130 valence electrons. The van der Waals surface area contributed by atoms with Crippen molar-refractivity contribution in [2.75, 3.05) is 25.0 Å². The zero-order valence-corrected chi connectivity index (χ0v) is 14.4. The van der Waals surface area contributed by atoms with Gasteiger partial charge in [0.1, 0.15) is 5.69 Å². The van der Waals surface area contributed by atoms with E-state index in [1.807, 2.05) is 6.07 Å². The summed E-state index contributed by atoms with van der Waals surface area (Å²) >= 11 is 0. The van der Waals surface area contributed by atoms with Gasteiger partial charge in [0.2, 0.25) is 5.91 Å². The molecule has 0 atom stereocenters. The summed E-state index contributed by atoms with van der Waals surface area (Å²) < 4.78 is 5.20. The summed E-state index contributed by atoms with van der Waals surface area (Å²) in [5, 5.41) is 13.4. The van der Waals surface area contributed by atoms with Crippen LogP contribution in [0.3, 0.4) is 0 Å². The van der Waals surface area contributed by atoms with Crippen molar-refractivity contribution in [1.82, 2.24) is 4.90 Å². The molecular weight excluding hydrogens is 308 g/mol. The van der Waals surface area contributed by atoms with E-state index in [1.165, 1.54) is 13.0 Å². The number of carbonyl (C=O) groups is 1. The summed E-state index contributed by atoms with van der Waals surface area (Å²) in [6.45, 7) is 8.52. The van der Waals surface area contributed by atoms with Gasteiger partial charge in [-0.1, -0.05) is 26.0 Å². The quantitative estimate of drug-likeness (QED) is 0.762. The number of aromatic hydroxyl groups is 1. The average molecular weight is 332 g/mol. The lowest BCUT2D eigenvalue weighted by Gasteiger charge is -2.17. The summed E-state index contributed by atoms with van der Waals surface area (Å²) in [6, 6.07) is 5.13. The first kappa shape index (κ1) is 18.0. The van der Waals surface area contributed by atoms with Crippen LogP contribution in [0.15, 0.2) is 27.4 Å². The van der Waals surface area contributed by atoms with Gasteiger partial charge in [0.05, 0.1) is 0 Å². The molecule has 0 radical (unpaired) electrons. The van der Waals surface area contributed by atoms with Crippen LogP contribution in [-0.2, 0) is 11.2 Å². The highest BCUT2D eigenvalue weighted by Gasteiger charge is 2.13. The van der Waals surface area contributed by atoms with E-state index >= 15 is 0 Å². The molecule has 6 heteroatoms. The number of phenolic OH excluding ortho intramolecular Hbond substituents is 1. The van der Waals surface area contributed by atoms with Crippen molar-refractivity contribution in [3.8, 4) is 5.75 Å². The molecule has 0 aliphatic carbocycles. The number of carbonyl (C=O) groups excluding carboxylic acids is 1. The number of fused-ring (bicyclic) bond motifs is 1. The predicted octanol–water partition coefficient (Wildman–Crippen LogP) is 2.73. The number of amides is 1. The van der Waals surface area contributed by atoms with Crippen molar-refractivity contribution in [1.29, 1.82) is 0 Å². The molecule has 1 aromatic carbocycles. The van der Waals surface area contributed by atoms with Crippen molar-refractivity contribution in [3.05, 3.63) is 34.2 Å². The lowest BCUT2D eigenvalue weighted by molar-refractivity contribution is -0.114. The molecular formula is C18H24N2O4. The zero-order valence-electron chi connectivity index (χ0n) is 14.4. The topological polar surface area (TPSA) is 82.8 Å². The maximum atomic E-state index is 11.9. The van der Waals surface area contributed by atoms with E-state index in [2.05, 4.69) is 24.1 Å². The molecule has 1 heterocycles. The van der Waals surface area contributed by atoms with E-state index in [-0.39, 0.29) is 22.9 Å². The molecule has 0 aliphatic rings. The van der Waals surface area contributed by atoms with Gasteiger partial charge in [-0.05, 0) is 44.1 Å².